The molecule has 0 atom stereocenters. The van der Waals surface area contributed by atoms with Crippen molar-refractivity contribution in [1.29, 1.82) is 0 Å². The number of ether oxygens (including phenoxy) is 1. The van der Waals surface area contributed by atoms with Crippen LogP contribution in [0.4, 0.5) is 15.0 Å². The van der Waals surface area contributed by atoms with Crippen LogP contribution in [-0.2, 0) is 4.74 Å². The number of rotatable bonds is 1. The maximum absolute atomic E-state index is 14.4. The van der Waals surface area contributed by atoms with Crippen LogP contribution >= 0.6 is 27.5 Å². The van der Waals surface area contributed by atoms with Crippen molar-refractivity contribution in [2.45, 2.75) is 26.4 Å². The molecule has 0 aliphatic carbocycles. The van der Waals surface area contributed by atoms with Gasteiger partial charge in [0.05, 0.1) is 9.50 Å². The molecule has 1 aromatic carbocycles. The van der Waals surface area contributed by atoms with Gasteiger partial charge in [-0.2, -0.15) is 0 Å². The molecule has 9 heteroatoms. The number of carbonyl (C=O) groups excluding carboxylic acids is 1. The molecule has 2 aromatic rings. The van der Waals surface area contributed by atoms with E-state index in [1.54, 1.807) is 11.0 Å². The second kappa shape index (κ2) is 7.15. The number of hydrogen-bond donors (Lipinski definition) is 0. The van der Waals surface area contributed by atoms with E-state index in [9.17, 15) is 9.18 Å². The SMILES string of the molecule is CC(C)(C)OC(=O)N1CCN(c2ncnc3c(F)c(Br)c(Cl)cc23)CC1. The molecule has 1 aromatic heterocycles. The normalized spacial score (nSPS) is 15.5. The van der Waals surface area contributed by atoms with Gasteiger partial charge in [0.15, 0.2) is 5.82 Å². The highest BCUT2D eigenvalue weighted by molar-refractivity contribution is 9.10. The molecule has 1 saturated heterocycles. The Hall–Kier alpha value is -1.67. The van der Waals surface area contributed by atoms with E-state index in [0.29, 0.717) is 37.4 Å². The minimum Gasteiger partial charge on any atom is -0.444 e. The number of anilines is 1. The standard InChI is InChI=1S/C17H19BrClFN4O2/c1-17(2,3)26-16(25)24-6-4-23(5-7-24)15-10-8-11(19)12(18)13(20)14(10)21-9-22-15/h8-9H,4-7H2,1-3H3. The number of carbonyl (C=O) groups is 1. The van der Waals surface area contributed by atoms with Gasteiger partial charge in [-0.3, -0.25) is 0 Å². The summed E-state index contributed by atoms with van der Waals surface area (Å²) in [4.78, 5) is 24.2. The molecule has 26 heavy (non-hydrogen) atoms. The fourth-order valence-corrected chi connectivity index (χ4v) is 3.27. The molecular formula is C17H19BrClFN4O2. The van der Waals surface area contributed by atoms with Crippen molar-refractivity contribution < 1.29 is 13.9 Å². The molecule has 0 spiro atoms. The maximum atomic E-state index is 14.4. The Morgan fingerprint density at radius 1 is 1.27 bits per heavy atom. The lowest BCUT2D eigenvalue weighted by molar-refractivity contribution is 0.0240. The molecule has 140 valence electrons. The van der Waals surface area contributed by atoms with E-state index in [-0.39, 0.29) is 21.1 Å². The Morgan fingerprint density at radius 2 is 1.92 bits per heavy atom. The van der Waals surface area contributed by atoms with E-state index in [0.717, 1.165) is 0 Å². The van der Waals surface area contributed by atoms with Crippen molar-refractivity contribution in [3.8, 4) is 0 Å². The summed E-state index contributed by atoms with van der Waals surface area (Å²) in [5.41, 5.74) is -0.320. The van der Waals surface area contributed by atoms with E-state index in [2.05, 4.69) is 25.9 Å². The monoisotopic (exact) mass is 444 g/mol. The number of benzene rings is 1. The lowest BCUT2D eigenvalue weighted by atomic mass is 10.2. The Labute approximate surface area is 164 Å². The molecule has 1 aliphatic heterocycles. The first-order chi connectivity index (χ1) is 12.2. The number of nitrogens with zero attached hydrogens (tertiary/aromatic N) is 4. The van der Waals surface area contributed by atoms with Gasteiger partial charge in [-0.15, -0.1) is 0 Å². The van der Waals surface area contributed by atoms with Crippen LogP contribution in [0.2, 0.25) is 5.02 Å². The Kier molecular flexibility index (Phi) is 5.25. The third kappa shape index (κ3) is 3.86. The van der Waals surface area contributed by atoms with Crippen molar-refractivity contribution in [3.63, 3.8) is 0 Å². The van der Waals surface area contributed by atoms with Crippen LogP contribution in [0.25, 0.3) is 10.9 Å². The van der Waals surface area contributed by atoms with Gasteiger partial charge in [-0.25, -0.2) is 19.2 Å². The smallest absolute Gasteiger partial charge is 0.410 e. The zero-order valence-electron chi connectivity index (χ0n) is 14.7. The van der Waals surface area contributed by atoms with Crippen LogP contribution < -0.4 is 4.90 Å². The van der Waals surface area contributed by atoms with Gasteiger partial charge < -0.3 is 14.5 Å². The average molecular weight is 446 g/mol. The molecule has 0 saturated carbocycles. The molecule has 2 heterocycles. The van der Waals surface area contributed by atoms with E-state index >= 15 is 0 Å². The predicted octanol–water partition coefficient (Wildman–Crippen LogP) is 4.24. The van der Waals surface area contributed by atoms with Crippen LogP contribution in [0.3, 0.4) is 0 Å². The van der Waals surface area contributed by atoms with Crippen molar-refractivity contribution >= 4 is 50.3 Å². The molecule has 0 N–H and O–H groups in total. The second-order valence-electron chi connectivity index (χ2n) is 7.03. The van der Waals surface area contributed by atoms with Gasteiger partial charge in [0.25, 0.3) is 0 Å². The molecule has 1 fully saturated rings. The molecule has 0 unspecified atom stereocenters. The summed E-state index contributed by atoms with van der Waals surface area (Å²) in [6, 6.07) is 1.65. The molecule has 6 nitrogen and oxygen atoms in total. The first kappa shape index (κ1) is 19.1. The van der Waals surface area contributed by atoms with Gasteiger partial charge >= 0.3 is 6.09 Å². The predicted molar refractivity (Wildman–Crippen MR) is 102 cm³/mol. The van der Waals surface area contributed by atoms with E-state index < -0.39 is 11.4 Å². The van der Waals surface area contributed by atoms with Gasteiger partial charge in [0.2, 0.25) is 0 Å². The van der Waals surface area contributed by atoms with Crippen molar-refractivity contribution in [2.24, 2.45) is 0 Å². The van der Waals surface area contributed by atoms with Crippen molar-refractivity contribution in [1.82, 2.24) is 14.9 Å². The highest BCUT2D eigenvalue weighted by Gasteiger charge is 2.27. The quantitative estimate of drug-likeness (QED) is 0.615. The summed E-state index contributed by atoms with van der Waals surface area (Å²) in [5, 5.41) is 0.808. The summed E-state index contributed by atoms with van der Waals surface area (Å²) in [7, 11) is 0. The largest absolute Gasteiger partial charge is 0.444 e. The minimum atomic E-state index is -0.529. The number of halogens is 3. The Balaban J connectivity index is 1.81. The van der Waals surface area contributed by atoms with Crippen LogP contribution in [-0.4, -0.2) is 52.7 Å². The molecule has 3 rings (SSSR count). The second-order valence-corrected chi connectivity index (χ2v) is 8.23. The van der Waals surface area contributed by atoms with Gasteiger partial charge in [0.1, 0.15) is 23.3 Å². The number of hydrogen-bond acceptors (Lipinski definition) is 5. The highest BCUT2D eigenvalue weighted by atomic mass is 79.9. The third-order valence-electron chi connectivity index (χ3n) is 3.98. The van der Waals surface area contributed by atoms with Crippen LogP contribution in [0.5, 0.6) is 0 Å². The third-order valence-corrected chi connectivity index (χ3v) is 5.28. The summed E-state index contributed by atoms with van der Waals surface area (Å²) >= 11 is 9.23. The fourth-order valence-electron chi connectivity index (χ4n) is 2.77. The van der Waals surface area contributed by atoms with Crippen LogP contribution in [0.1, 0.15) is 20.8 Å². The maximum Gasteiger partial charge on any atom is 0.410 e. The summed E-state index contributed by atoms with van der Waals surface area (Å²) < 4.78 is 20.0. The van der Waals surface area contributed by atoms with Crippen molar-refractivity contribution in [2.75, 3.05) is 31.1 Å². The lowest BCUT2D eigenvalue weighted by Gasteiger charge is -2.36. The van der Waals surface area contributed by atoms with Crippen LogP contribution in [0, 0.1) is 5.82 Å². The molecule has 0 bridgehead atoms. The molecular weight excluding hydrogens is 427 g/mol. The summed E-state index contributed by atoms with van der Waals surface area (Å²) in [6.45, 7) is 7.61. The zero-order valence-corrected chi connectivity index (χ0v) is 17.1. The van der Waals surface area contributed by atoms with E-state index in [1.807, 2.05) is 25.7 Å². The number of piperazine rings is 1. The number of fused-ring (bicyclic) bond motifs is 1. The topological polar surface area (TPSA) is 58.6 Å². The average Bonchev–Trinajstić information content (AvgIpc) is 2.58. The fraction of sp³-hybridized carbons (Fsp3) is 0.471. The van der Waals surface area contributed by atoms with E-state index in [1.165, 1.54) is 6.33 Å². The summed E-state index contributed by atoms with van der Waals surface area (Å²) in [5.74, 6) is 0.0932. The van der Waals surface area contributed by atoms with Gasteiger partial charge in [0, 0.05) is 31.6 Å². The molecule has 0 radical (unpaired) electrons. The Morgan fingerprint density at radius 3 is 2.54 bits per heavy atom. The van der Waals surface area contributed by atoms with Crippen LogP contribution in [0.15, 0.2) is 16.9 Å². The number of aromatic nitrogens is 2. The minimum absolute atomic E-state index is 0.186. The molecule has 1 aliphatic rings. The highest BCUT2D eigenvalue weighted by Crippen LogP contribution is 2.34. The van der Waals surface area contributed by atoms with Gasteiger partial charge in [-0.1, -0.05) is 11.6 Å². The Bertz CT molecular complexity index is 851. The number of amides is 1. The van der Waals surface area contributed by atoms with Crippen molar-refractivity contribution in [3.05, 3.63) is 27.7 Å². The summed E-state index contributed by atoms with van der Waals surface area (Å²) in [6.07, 6.45) is 1.00. The first-order valence-corrected chi connectivity index (χ1v) is 9.35. The lowest BCUT2D eigenvalue weighted by Crippen LogP contribution is -2.50. The first-order valence-electron chi connectivity index (χ1n) is 8.18. The molecule has 1 amide bonds. The van der Waals surface area contributed by atoms with E-state index in [4.69, 9.17) is 16.3 Å². The zero-order chi connectivity index (χ0) is 19.1. The van der Waals surface area contributed by atoms with Gasteiger partial charge in [-0.05, 0) is 42.8 Å².